The lowest BCUT2D eigenvalue weighted by Gasteiger charge is -2.31. The Labute approximate surface area is 250 Å². The number of carbonyl (C=O) groups excluding carboxylic acids is 2. The van der Waals surface area contributed by atoms with E-state index in [0.29, 0.717) is 29.9 Å². The molecule has 12 heteroatoms. The van der Waals surface area contributed by atoms with Crippen molar-refractivity contribution in [3.8, 4) is 0 Å². The van der Waals surface area contributed by atoms with Crippen molar-refractivity contribution in [2.45, 2.75) is 45.3 Å². The van der Waals surface area contributed by atoms with Crippen LogP contribution in [0.2, 0.25) is 0 Å². The van der Waals surface area contributed by atoms with E-state index in [1.165, 1.54) is 25.1 Å². The molecule has 1 fully saturated rings. The number of benzene rings is 3. The van der Waals surface area contributed by atoms with Crippen molar-refractivity contribution in [1.29, 1.82) is 0 Å². The van der Waals surface area contributed by atoms with Gasteiger partial charge in [0.25, 0.3) is 11.8 Å². The highest BCUT2D eigenvalue weighted by atomic mass is 19.4. The van der Waals surface area contributed by atoms with Gasteiger partial charge in [-0.05, 0) is 74.2 Å². The van der Waals surface area contributed by atoms with Crippen molar-refractivity contribution in [3.63, 3.8) is 0 Å². The highest BCUT2D eigenvalue weighted by Crippen LogP contribution is 2.34. The number of carboxylic acids is 1. The fourth-order valence-electron chi connectivity index (χ4n) is 5.66. The molecule has 2 amide bonds. The zero-order valence-electron chi connectivity index (χ0n) is 23.8. The number of carboxylic acid groups (broad SMARTS) is 1. The van der Waals surface area contributed by atoms with Gasteiger partial charge in [-0.15, -0.1) is 0 Å². The van der Waals surface area contributed by atoms with Gasteiger partial charge in [0.1, 0.15) is 12.4 Å². The molecule has 1 aliphatic rings. The third kappa shape index (κ3) is 6.69. The molecule has 44 heavy (non-hydrogen) atoms. The minimum Gasteiger partial charge on any atom is -0.481 e. The van der Waals surface area contributed by atoms with E-state index in [0.717, 1.165) is 36.0 Å². The normalized spacial score (nSPS) is 13.6. The summed E-state index contributed by atoms with van der Waals surface area (Å²) in [5.74, 6) is -3.10. The standard InChI is InChI=1S/C32H30F4N4O4/c1-19-29(23-7-3-4-8-26(23)40(19)18-32(34,35)36)31(44)38-25-16-20(9-12-27(25)39-13-5-2-6-14-39)30(43)37-24-11-10-22(33)15-21(24)17-28(41)42/h3-4,7-12,15-16H,2,5-6,13-14,17-18H2,1H3,(H,37,43)(H,38,44)(H,41,42). The van der Waals surface area contributed by atoms with Gasteiger partial charge in [-0.25, -0.2) is 4.39 Å². The van der Waals surface area contributed by atoms with Crippen LogP contribution in [0.1, 0.15) is 51.2 Å². The van der Waals surface area contributed by atoms with Gasteiger partial charge in [-0.1, -0.05) is 18.2 Å². The summed E-state index contributed by atoms with van der Waals surface area (Å²) in [5.41, 5.74) is 1.79. The third-order valence-electron chi connectivity index (χ3n) is 7.66. The van der Waals surface area contributed by atoms with Crippen molar-refractivity contribution < 1.29 is 37.1 Å². The monoisotopic (exact) mass is 610 g/mol. The van der Waals surface area contributed by atoms with Crippen LogP contribution in [0.4, 0.5) is 34.6 Å². The van der Waals surface area contributed by atoms with Gasteiger partial charge >= 0.3 is 12.1 Å². The second kappa shape index (κ2) is 12.4. The van der Waals surface area contributed by atoms with Crippen LogP contribution in [0.15, 0.2) is 60.7 Å². The van der Waals surface area contributed by atoms with Gasteiger partial charge in [0.15, 0.2) is 0 Å². The summed E-state index contributed by atoms with van der Waals surface area (Å²) < 4.78 is 55.2. The van der Waals surface area contributed by atoms with Crippen LogP contribution in [0.5, 0.6) is 0 Å². The molecule has 8 nitrogen and oxygen atoms in total. The van der Waals surface area contributed by atoms with Gasteiger partial charge < -0.3 is 25.2 Å². The summed E-state index contributed by atoms with van der Waals surface area (Å²) in [6.07, 6.45) is -2.11. The fraction of sp³-hybridized carbons (Fsp3) is 0.281. The quantitative estimate of drug-likeness (QED) is 0.191. The molecule has 230 valence electrons. The van der Waals surface area contributed by atoms with E-state index in [9.17, 15) is 37.1 Å². The van der Waals surface area contributed by atoms with Crippen LogP contribution in [-0.4, -0.2) is 46.7 Å². The molecule has 0 saturated carbocycles. The van der Waals surface area contributed by atoms with Crippen molar-refractivity contribution in [2.24, 2.45) is 0 Å². The minimum atomic E-state index is -4.50. The lowest BCUT2D eigenvalue weighted by atomic mass is 10.1. The van der Waals surface area contributed by atoms with Crippen LogP contribution in [0.3, 0.4) is 0 Å². The molecule has 3 N–H and O–H groups in total. The molecular weight excluding hydrogens is 580 g/mol. The summed E-state index contributed by atoms with van der Waals surface area (Å²) in [6, 6.07) is 14.5. The molecule has 0 atom stereocenters. The number of fused-ring (bicyclic) bond motifs is 1. The Bertz CT molecular complexity index is 1740. The summed E-state index contributed by atoms with van der Waals surface area (Å²) >= 11 is 0. The maximum absolute atomic E-state index is 13.8. The van der Waals surface area contributed by atoms with Crippen LogP contribution in [0.25, 0.3) is 10.9 Å². The Kier molecular flexibility index (Phi) is 8.61. The van der Waals surface area contributed by atoms with Gasteiger partial charge in [0.05, 0.1) is 23.4 Å². The van der Waals surface area contributed by atoms with E-state index < -0.39 is 42.7 Å². The molecule has 0 unspecified atom stereocenters. The highest BCUT2D eigenvalue weighted by Gasteiger charge is 2.31. The zero-order valence-corrected chi connectivity index (χ0v) is 23.8. The second-order valence-corrected chi connectivity index (χ2v) is 10.7. The number of rotatable bonds is 8. The van der Waals surface area contributed by atoms with Gasteiger partial charge in [-0.2, -0.15) is 13.2 Å². The fourth-order valence-corrected chi connectivity index (χ4v) is 5.66. The summed E-state index contributed by atoms with van der Waals surface area (Å²) in [4.78, 5) is 40.5. The van der Waals surface area contributed by atoms with Gasteiger partial charge in [0, 0.05) is 40.9 Å². The number of carbonyl (C=O) groups is 3. The molecule has 0 aliphatic carbocycles. The molecule has 1 aliphatic heterocycles. The van der Waals surface area contributed by atoms with Crippen molar-refractivity contribution in [2.75, 3.05) is 28.6 Å². The Morgan fingerprint density at radius 2 is 1.59 bits per heavy atom. The second-order valence-electron chi connectivity index (χ2n) is 10.7. The molecule has 1 aromatic heterocycles. The number of piperidine rings is 1. The van der Waals surface area contributed by atoms with Crippen LogP contribution < -0.4 is 15.5 Å². The number of para-hydroxylation sites is 1. The third-order valence-corrected chi connectivity index (χ3v) is 7.66. The lowest BCUT2D eigenvalue weighted by molar-refractivity contribution is -0.140. The zero-order chi connectivity index (χ0) is 31.6. The van der Waals surface area contributed by atoms with Crippen molar-refractivity contribution in [3.05, 3.63) is 88.9 Å². The molecular formula is C32H30F4N4O4. The summed E-state index contributed by atoms with van der Waals surface area (Å²) in [6.45, 7) is 1.64. The molecule has 2 heterocycles. The first kappa shape index (κ1) is 30.6. The number of halogens is 4. The molecule has 4 aromatic rings. The predicted molar refractivity (Wildman–Crippen MR) is 159 cm³/mol. The number of alkyl halides is 3. The van der Waals surface area contributed by atoms with E-state index in [4.69, 9.17) is 0 Å². The van der Waals surface area contributed by atoms with Crippen LogP contribution in [0, 0.1) is 12.7 Å². The molecule has 0 radical (unpaired) electrons. The highest BCUT2D eigenvalue weighted by molar-refractivity contribution is 6.15. The van der Waals surface area contributed by atoms with Gasteiger partial charge in [0.2, 0.25) is 0 Å². The number of amides is 2. The molecule has 3 aromatic carbocycles. The smallest absolute Gasteiger partial charge is 0.406 e. The minimum absolute atomic E-state index is 0.0787. The number of anilines is 3. The SMILES string of the molecule is Cc1c(C(=O)Nc2cc(C(=O)Nc3ccc(F)cc3CC(=O)O)ccc2N2CCCCC2)c2ccccc2n1CC(F)(F)F. The maximum Gasteiger partial charge on any atom is 0.406 e. The van der Waals surface area contributed by atoms with E-state index in [-0.39, 0.29) is 33.6 Å². The van der Waals surface area contributed by atoms with Crippen LogP contribution >= 0.6 is 0 Å². The van der Waals surface area contributed by atoms with Crippen LogP contribution in [-0.2, 0) is 17.8 Å². The Hall–Kier alpha value is -4.87. The Morgan fingerprint density at radius 3 is 2.30 bits per heavy atom. The number of hydrogen-bond donors (Lipinski definition) is 3. The maximum atomic E-state index is 13.8. The van der Waals surface area contributed by atoms with Gasteiger partial charge in [-0.3, -0.25) is 14.4 Å². The van der Waals surface area contributed by atoms with E-state index in [2.05, 4.69) is 15.5 Å². The Balaban J connectivity index is 1.51. The predicted octanol–water partition coefficient (Wildman–Crippen LogP) is 6.77. The lowest BCUT2D eigenvalue weighted by Crippen LogP contribution is -2.30. The van der Waals surface area contributed by atoms with Crippen molar-refractivity contribution >= 4 is 45.7 Å². The molecule has 0 bridgehead atoms. The van der Waals surface area contributed by atoms with Crippen molar-refractivity contribution in [1.82, 2.24) is 4.57 Å². The average molecular weight is 611 g/mol. The topological polar surface area (TPSA) is 104 Å². The summed E-state index contributed by atoms with van der Waals surface area (Å²) in [7, 11) is 0. The molecule has 0 spiro atoms. The number of aliphatic carboxylic acids is 1. The largest absolute Gasteiger partial charge is 0.481 e. The number of nitrogens with zero attached hydrogens (tertiary/aromatic N) is 2. The number of nitrogens with one attached hydrogen (secondary N) is 2. The van der Waals surface area contributed by atoms with E-state index in [1.54, 1.807) is 30.3 Å². The Morgan fingerprint density at radius 1 is 0.886 bits per heavy atom. The first-order chi connectivity index (χ1) is 20.9. The summed E-state index contributed by atoms with van der Waals surface area (Å²) in [5, 5.41) is 15.0. The average Bonchev–Trinajstić information content (AvgIpc) is 3.24. The van der Waals surface area contributed by atoms with E-state index >= 15 is 0 Å². The van der Waals surface area contributed by atoms with E-state index in [1.807, 2.05) is 0 Å². The first-order valence-electron chi connectivity index (χ1n) is 14.1. The molecule has 5 rings (SSSR count). The first-order valence-corrected chi connectivity index (χ1v) is 14.1. The number of aromatic nitrogens is 1. The number of hydrogen-bond acceptors (Lipinski definition) is 4. The molecule has 1 saturated heterocycles.